The number of nitrogens with zero attached hydrogens (tertiary/aromatic N) is 5. The number of rotatable bonds is 4. The Morgan fingerprint density at radius 2 is 2.00 bits per heavy atom. The summed E-state index contributed by atoms with van der Waals surface area (Å²) in [5.74, 6) is 1.80. The first-order valence-electron chi connectivity index (χ1n) is 9.71. The molecule has 0 radical (unpaired) electrons. The van der Waals surface area contributed by atoms with E-state index in [1.807, 2.05) is 24.3 Å². The Hall–Kier alpha value is -3.04. The SMILES string of the molecule is N#Cc1ccc(CN2CCC3(CC2)CC3c2nc(-c3cccnc3)no2)cc1. The van der Waals surface area contributed by atoms with E-state index in [1.54, 1.807) is 12.4 Å². The Morgan fingerprint density at radius 3 is 2.71 bits per heavy atom. The molecule has 5 rings (SSSR count). The average molecular weight is 371 g/mol. The Balaban J connectivity index is 1.20. The summed E-state index contributed by atoms with van der Waals surface area (Å²) < 4.78 is 5.59. The first-order chi connectivity index (χ1) is 13.8. The number of hydrogen-bond donors (Lipinski definition) is 0. The fourth-order valence-electron chi connectivity index (χ4n) is 4.34. The van der Waals surface area contributed by atoms with E-state index in [0.29, 0.717) is 22.7 Å². The maximum atomic E-state index is 8.92. The van der Waals surface area contributed by atoms with E-state index in [9.17, 15) is 0 Å². The van der Waals surface area contributed by atoms with Crippen LogP contribution in [0, 0.1) is 16.7 Å². The summed E-state index contributed by atoms with van der Waals surface area (Å²) in [6.45, 7) is 3.11. The number of likely N-dealkylation sites (tertiary alicyclic amines) is 1. The molecule has 0 N–H and O–H groups in total. The standard InChI is InChI=1S/C22H21N5O/c23-13-16-3-5-17(6-4-16)15-27-10-7-22(8-11-27)12-19(22)21-25-20(26-28-21)18-2-1-9-24-14-18/h1-6,9,14,19H,7-8,10-12,15H2. The largest absolute Gasteiger partial charge is 0.339 e. The highest BCUT2D eigenvalue weighted by atomic mass is 16.5. The zero-order chi connectivity index (χ0) is 19.0. The van der Waals surface area contributed by atoms with E-state index in [0.717, 1.165) is 37.5 Å². The highest BCUT2D eigenvalue weighted by Crippen LogP contribution is 2.64. The Labute approximate surface area is 163 Å². The number of piperidine rings is 1. The fourth-order valence-corrected chi connectivity index (χ4v) is 4.34. The van der Waals surface area contributed by atoms with Crippen LogP contribution in [0.1, 0.15) is 42.2 Å². The van der Waals surface area contributed by atoms with Crippen molar-refractivity contribution in [1.29, 1.82) is 5.26 Å². The highest BCUT2D eigenvalue weighted by molar-refractivity contribution is 5.52. The van der Waals surface area contributed by atoms with Crippen LogP contribution in [0.25, 0.3) is 11.4 Å². The van der Waals surface area contributed by atoms with E-state index in [4.69, 9.17) is 9.78 Å². The van der Waals surface area contributed by atoms with Crippen LogP contribution in [-0.2, 0) is 6.54 Å². The molecule has 1 saturated heterocycles. The van der Waals surface area contributed by atoms with Gasteiger partial charge in [-0.05, 0) is 67.6 Å². The Kier molecular flexibility index (Phi) is 4.18. The van der Waals surface area contributed by atoms with Gasteiger partial charge in [0.15, 0.2) is 0 Å². The van der Waals surface area contributed by atoms with Gasteiger partial charge in [-0.15, -0.1) is 0 Å². The molecule has 1 unspecified atom stereocenters. The molecule has 6 heteroatoms. The van der Waals surface area contributed by atoms with Gasteiger partial charge in [-0.3, -0.25) is 9.88 Å². The number of pyridine rings is 1. The summed E-state index contributed by atoms with van der Waals surface area (Å²) >= 11 is 0. The molecule has 2 aromatic heterocycles. The van der Waals surface area contributed by atoms with Crippen molar-refractivity contribution in [2.45, 2.75) is 31.7 Å². The van der Waals surface area contributed by atoms with Crippen LogP contribution in [0.4, 0.5) is 0 Å². The first kappa shape index (κ1) is 17.1. The summed E-state index contributed by atoms with van der Waals surface area (Å²) in [6.07, 6.45) is 6.98. The summed E-state index contributed by atoms with van der Waals surface area (Å²) in [5, 5.41) is 13.1. The second kappa shape index (κ2) is 6.84. The Bertz CT molecular complexity index is 997. The molecule has 3 aromatic rings. The monoisotopic (exact) mass is 371 g/mol. The van der Waals surface area contributed by atoms with Gasteiger partial charge < -0.3 is 4.52 Å². The summed E-state index contributed by atoms with van der Waals surface area (Å²) in [4.78, 5) is 11.3. The van der Waals surface area contributed by atoms with Crippen molar-refractivity contribution in [3.05, 3.63) is 65.8 Å². The Morgan fingerprint density at radius 1 is 1.18 bits per heavy atom. The van der Waals surface area contributed by atoms with Crippen molar-refractivity contribution in [1.82, 2.24) is 20.0 Å². The summed E-state index contributed by atoms with van der Waals surface area (Å²) in [7, 11) is 0. The lowest BCUT2D eigenvalue weighted by Gasteiger charge is -2.32. The van der Waals surface area contributed by atoms with Crippen molar-refractivity contribution < 1.29 is 4.52 Å². The minimum atomic E-state index is 0.333. The minimum Gasteiger partial charge on any atom is -0.339 e. The molecule has 1 aliphatic heterocycles. The molecule has 3 heterocycles. The topological polar surface area (TPSA) is 78.8 Å². The first-order valence-corrected chi connectivity index (χ1v) is 9.71. The van der Waals surface area contributed by atoms with E-state index in [1.165, 1.54) is 18.4 Å². The van der Waals surface area contributed by atoms with Gasteiger partial charge in [0, 0.05) is 30.4 Å². The second-order valence-corrected chi connectivity index (χ2v) is 7.90. The van der Waals surface area contributed by atoms with Crippen LogP contribution in [0.15, 0.2) is 53.3 Å². The van der Waals surface area contributed by atoms with Gasteiger partial charge in [0.25, 0.3) is 0 Å². The van der Waals surface area contributed by atoms with Gasteiger partial charge in [0.05, 0.1) is 11.6 Å². The molecule has 0 bridgehead atoms. The van der Waals surface area contributed by atoms with E-state index >= 15 is 0 Å². The fraction of sp³-hybridized carbons (Fsp3) is 0.364. The molecule has 0 amide bonds. The normalized spacial score (nSPS) is 20.8. The highest BCUT2D eigenvalue weighted by Gasteiger charge is 2.58. The lowest BCUT2D eigenvalue weighted by atomic mass is 9.90. The summed E-state index contributed by atoms with van der Waals surface area (Å²) in [5.41, 5.74) is 3.21. The zero-order valence-electron chi connectivity index (χ0n) is 15.6. The second-order valence-electron chi connectivity index (χ2n) is 7.90. The van der Waals surface area contributed by atoms with Crippen molar-refractivity contribution >= 4 is 0 Å². The van der Waals surface area contributed by atoms with Gasteiger partial charge in [-0.2, -0.15) is 10.2 Å². The van der Waals surface area contributed by atoms with Gasteiger partial charge in [-0.1, -0.05) is 17.3 Å². The molecular formula is C22H21N5O. The maximum Gasteiger partial charge on any atom is 0.230 e. The van der Waals surface area contributed by atoms with E-state index in [-0.39, 0.29) is 0 Å². The maximum absolute atomic E-state index is 8.92. The predicted molar refractivity (Wildman–Crippen MR) is 103 cm³/mol. The third-order valence-corrected chi connectivity index (χ3v) is 6.19. The van der Waals surface area contributed by atoms with Crippen LogP contribution in [-0.4, -0.2) is 33.1 Å². The van der Waals surface area contributed by atoms with E-state index < -0.39 is 0 Å². The van der Waals surface area contributed by atoms with Crippen LogP contribution in [0.2, 0.25) is 0 Å². The molecule has 28 heavy (non-hydrogen) atoms. The number of hydrogen-bond acceptors (Lipinski definition) is 6. The summed E-state index contributed by atoms with van der Waals surface area (Å²) in [6, 6.07) is 13.9. The molecule has 140 valence electrons. The molecule has 1 aliphatic carbocycles. The third kappa shape index (κ3) is 3.19. The minimum absolute atomic E-state index is 0.333. The predicted octanol–water partition coefficient (Wildman–Crippen LogP) is 3.77. The zero-order valence-corrected chi connectivity index (χ0v) is 15.6. The van der Waals surface area contributed by atoms with Crippen molar-refractivity contribution in [3.63, 3.8) is 0 Å². The molecule has 6 nitrogen and oxygen atoms in total. The van der Waals surface area contributed by atoms with E-state index in [2.05, 4.69) is 38.2 Å². The van der Waals surface area contributed by atoms with Crippen LogP contribution in [0.5, 0.6) is 0 Å². The third-order valence-electron chi connectivity index (χ3n) is 6.19. The van der Waals surface area contributed by atoms with Gasteiger partial charge in [-0.25, -0.2) is 0 Å². The lowest BCUT2D eigenvalue weighted by Crippen LogP contribution is -2.34. The molecule has 2 fully saturated rings. The van der Waals surface area contributed by atoms with Crippen molar-refractivity contribution in [2.24, 2.45) is 5.41 Å². The number of nitriles is 1. The molecule has 2 aliphatic rings. The molecular weight excluding hydrogens is 350 g/mol. The molecule has 1 atom stereocenters. The lowest BCUT2D eigenvalue weighted by molar-refractivity contribution is 0.159. The van der Waals surface area contributed by atoms with Crippen LogP contribution < -0.4 is 0 Å². The van der Waals surface area contributed by atoms with Crippen molar-refractivity contribution in [3.8, 4) is 17.5 Å². The van der Waals surface area contributed by atoms with Gasteiger partial charge in [0.1, 0.15) is 0 Å². The number of aromatic nitrogens is 3. The molecule has 1 aromatic carbocycles. The average Bonchev–Trinajstić information content (AvgIpc) is 3.22. The van der Waals surface area contributed by atoms with Crippen molar-refractivity contribution in [2.75, 3.05) is 13.1 Å². The smallest absolute Gasteiger partial charge is 0.230 e. The number of benzene rings is 1. The van der Waals surface area contributed by atoms with Crippen LogP contribution >= 0.6 is 0 Å². The van der Waals surface area contributed by atoms with Gasteiger partial charge in [0.2, 0.25) is 11.7 Å². The molecule has 1 saturated carbocycles. The quantitative estimate of drug-likeness (QED) is 0.694. The van der Waals surface area contributed by atoms with Gasteiger partial charge >= 0.3 is 0 Å². The molecule has 1 spiro atoms. The van der Waals surface area contributed by atoms with Crippen LogP contribution in [0.3, 0.4) is 0 Å².